The van der Waals surface area contributed by atoms with Crippen molar-refractivity contribution >= 4 is 17.9 Å². The molecule has 2 aliphatic carbocycles. The molecule has 2 amide bonds. The number of carbonyl (C=O) groups excluding carboxylic acids is 2. The number of ether oxygens (including phenoxy) is 1. The van der Waals surface area contributed by atoms with Crippen LogP contribution in [0.5, 0.6) is 5.75 Å². The number of allylic oxidation sites excluding steroid dienone is 1. The number of hydrogen-bond donors (Lipinski definition) is 2. The van der Waals surface area contributed by atoms with E-state index < -0.39 is 5.82 Å². The quantitative estimate of drug-likeness (QED) is 0.373. The summed E-state index contributed by atoms with van der Waals surface area (Å²) >= 11 is 0. The first-order valence-electron chi connectivity index (χ1n) is 13.9. The molecule has 1 saturated carbocycles. The van der Waals surface area contributed by atoms with Gasteiger partial charge in [-0.25, -0.2) is 4.39 Å². The zero-order chi connectivity index (χ0) is 26.1. The van der Waals surface area contributed by atoms with Crippen molar-refractivity contribution in [2.45, 2.75) is 83.3 Å². The van der Waals surface area contributed by atoms with Crippen LogP contribution in [0.4, 0.5) is 4.39 Å². The number of phenolic OH excluding ortho intramolecular Hbond substituents is 1. The van der Waals surface area contributed by atoms with E-state index in [2.05, 4.69) is 6.92 Å². The number of hydrogen-bond acceptors (Lipinski definition) is 5. The van der Waals surface area contributed by atoms with Gasteiger partial charge in [0.05, 0.1) is 31.2 Å². The Morgan fingerprint density at radius 3 is 2.62 bits per heavy atom. The fourth-order valence-corrected chi connectivity index (χ4v) is 7.10. The maximum atomic E-state index is 13.8. The van der Waals surface area contributed by atoms with E-state index in [9.17, 15) is 24.2 Å². The molecule has 7 heteroatoms. The van der Waals surface area contributed by atoms with E-state index in [0.717, 1.165) is 68.1 Å². The van der Waals surface area contributed by atoms with Gasteiger partial charge in [0.15, 0.2) is 11.6 Å². The summed E-state index contributed by atoms with van der Waals surface area (Å²) in [6.07, 6.45) is 10.5. The lowest BCUT2D eigenvalue weighted by atomic mass is 9.69. The molecule has 0 aromatic heterocycles. The van der Waals surface area contributed by atoms with Gasteiger partial charge in [0, 0.05) is 12.0 Å². The summed E-state index contributed by atoms with van der Waals surface area (Å²) in [7, 11) is 0. The van der Waals surface area contributed by atoms with Crippen LogP contribution in [0, 0.1) is 23.6 Å². The zero-order valence-corrected chi connectivity index (χ0v) is 21.6. The monoisotopic (exact) mass is 511 g/mol. The highest BCUT2D eigenvalue weighted by Gasteiger charge is 2.58. The average molecular weight is 512 g/mol. The van der Waals surface area contributed by atoms with Gasteiger partial charge in [-0.1, -0.05) is 50.3 Å². The number of aromatic hydroxyl groups is 1. The third kappa shape index (κ3) is 5.00. The minimum Gasteiger partial charge on any atom is -0.505 e. The van der Waals surface area contributed by atoms with E-state index in [1.54, 1.807) is 11.0 Å². The fraction of sp³-hybridized carbons (Fsp3) is 0.600. The van der Waals surface area contributed by atoms with Gasteiger partial charge in [0.2, 0.25) is 11.8 Å². The number of carbonyl (C=O) groups is 2. The first kappa shape index (κ1) is 26.1. The molecule has 1 aromatic rings. The highest BCUT2D eigenvalue weighted by atomic mass is 19.1. The summed E-state index contributed by atoms with van der Waals surface area (Å²) in [6.45, 7) is 2.38. The molecule has 2 heterocycles. The number of halogens is 1. The number of nitrogens with zero attached hydrogens (tertiary/aromatic N) is 1. The molecule has 6 nitrogen and oxygen atoms in total. The van der Waals surface area contributed by atoms with Gasteiger partial charge in [-0.05, 0) is 67.4 Å². The van der Waals surface area contributed by atoms with Crippen LogP contribution in [0.15, 0.2) is 34.9 Å². The third-order valence-electron chi connectivity index (χ3n) is 8.81. The molecule has 4 aliphatic rings. The van der Waals surface area contributed by atoms with Crippen molar-refractivity contribution in [3.8, 4) is 5.75 Å². The Kier molecular flexibility index (Phi) is 7.82. The number of fused-ring (bicyclic) bond motifs is 3. The molecule has 2 N–H and O–H groups in total. The third-order valence-corrected chi connectivity index (χ3v) is 8.81. The summed E-state index contributed by atoms with van der Waals surface area (Å²) in [6, 6.07) is 4.42. The average Bonchev–Trinajstić information content (AvgIpc) is 3.43. The fourth-order valence-electron chi connectivity index (χ4n) is 7.10. The highest BCUT2D eigenvalue weighted by Crippen LogP contribution is 2.50. The van der Waals surface area contributed by atoms with Gasteiger partial charge < -0.3 is 14.9 Å². The lowest BCUT2D eigenvalue weighted by Crippen LogP contribution is -2.42. The van der Waals surface area contributed by atoms with Crippen LogP contribution in [-0.4, -0.2) is 52.3 Å². The van der Waals surface area contributed by atoms with Crippen LogP contribution in [-0.2, 0) is 14.3 Å². The SMILES string of the molecule is CCC/C(=C\c1ccc(O)c(F)c1)CC[C@H]1OC[C@H]2C1=C(CO)C[C@H]1C(=O)N(C3CCCCC3)C(=O)[C@H]12. The van der Waals surface area contributed by atoms with Crippen molar-refractivity contribution < 1.29 is 28.9 Å². The molecule has 3 fully saturated rings. The van der Waals surface area contributed by atoms with Gasteiger partial charge in [-0.3, -0.25) is 14.5 Å². The van der Waals surface area contributed by atoms with Crippen molar-refractivity contribution in [1.82, 2.24) is 4.90 Å². The second kappa shape index (κ2) is 11.1. The topological polar surface area (TPSA) is 87.1 Å². The van der Waals surface area contributed by atoms with E-state index in [1.807, 2.05) is 6.08 Å². The van der Waals surface area contributed by atoms with Crippen LogP contribution < -0.4 is 0 Å². The van der Waals surface area contributed by atoms with Crippen molar-refractivity contribution in [3.63, 3.8) is 0 Å². The Hall–Kier alpha value is -2.51. The highest BCUT2D eigenvalue weighted by molar-refractivity contribution is 6.06. The standard InChI is InChI=1S/C30H38FNO5/c1-2-6-18(13-19-9-11-25(34)24(31)14-19)10-12-26-27-20(16-33)15-22-28(23(27)17-37-26)30(36)32(29(22)35)21-7-4-3-5-8-21/h9,11,13-14,21-23,26,28,33-34H,2-8,10,12,15-17H2,1H3/b18-13+/t22-,23+,26-,28-/m1/s1. The molecule has 37 heavy (non-hydrogen) atoms. The van der Waals surface area contributed by atoms with Crippen LogP contribution in [0.3, 0.4) is 0 Å². The first-order valence-corrected chi connectivity index (χ1v) is 13.9. The van der Waals surface area contributed by atoms with E-state index in [1.165, 1.54) is 12.1 Å². The maximum Gasteiger partial charge on any atom is 0.234 e. The first-order chi connectivity index (χ1) is 17.9. The normalized spacial score (nSPS) is 28.7. The van der Waals surface area contributed by atoms with Crippen LogP contribution in [0.1, 0.15) is 76.7 Å². The summed E-state index contributed by atoms with van der Waals surface area (Å²) in [4.78, 5) is 28.6. The number of aliphatic hydroxyl groups is 1. The van der Waals surface area contributed by atoms with Gasteiger partial charge in [-0.15, -0.1) is 0 Å². The van der Waals surface area contributed by atoms with Gasteiger partial charge in [0.25, 0.3) is 0 Å². The lowest BCUT2D eigenvalue weighted by Gasteiger charge is -2.31. The number of amides is 2. The van der Waals surface area contributed by atoms with Gasteiger partial charge >= 0.3 is 0 Å². The Morgan fingerprint density at radius 2 is 1.92 bits per heavy atom. The van der Waals surface area contributed by atoms with Gasteiger partial charge in [0.1, 0.15) is 0 Å². The predicted molar refractivity (Wildman–Crippen MR) is 138 cm³/mol. The minimum atomic E-state index is -0.640. The Balaban J connectivity index is 1.33. The number of imide groups is 1. The smallest absolute Gasteiger partial charge is 0.234 e. The van der Waals surface area contributed by atoms with E-state index in [-0.39, 0.29) is 54.1 Å². The molecule has 0 radical (unpaired) electrons. The molecule has 0 spiro atoms. The van der Waals surface area contributed by atoms with Crippen LogP contribution in [0.25, 0.3) is 6.08 Å². The van der Waals surface area contributed by atoms with E-state index in [0.29, 0.717) is 25.0 Å². The largest absolute Gasteiger partial charge is 0.505 e. The molecule has 1 aromatic carbocycles. The lowest BCUT2D eigenvalue weighted by molar-refractivity contribution is -0.143. The van der Waals surface area contributed by atoms with E-state index in [4.69, 9.17) is 4.74 Å². The number of aliphatic hydroxyl groups excluding tert-OH is 1. The number of benzene rings is 1. The van der Waals surface area contributed by atoms with Crippen molar-refractivity contribution in [1.29, 1.82) is 0 Å². The molecule has 5 rings (SSSR count). The minimum absolute atomic E-state index is 0.0185. The molecule has 2 saturated heterocycles. The summed E-state index contributed by atoms with van der Waals surface area (Å²) in [5, 5.41) is 19.7. The number of likely N-dealkylation sites (tertiary alicyclic amines) is 1. The Labute approximate surface area is 218 Å². The zero-order valence-electron chi connectivity index (χ0n) is 21.6. The predicted octanol–water partition coefficient (Wildman–Crippen LogP) is 5.14. The Bertz CT molecular complexity index is 1110. The Morgan fingerprint density at radius 1 is 1.14 bits per heavy atom. The van der Waals surface area contributed by atoms with Crippen LogP contribution in [0.2, 0.25) is 0 Å². The number of phenols is 1. The molecular weight excluding hydrogens is 473 g/mol. The second-order valence-electron chi connectivity index (χ2n) is 11.1. The molecule has 200 valence electrons. The van der Waals surface area contributed by atoms with Crippen molar-refractivity contribution in [2.75, 3.05) is 13.2 Å². The molecule has 4 atom stereocenters. The summed E-state index contributed by atoms with van der Waals surface area (Å²) in [5.41, 5.74) is 3.76. The molecule has 0 unspecified atom stereocenters. The summed E-state index contributed by atoms with van der Waals surface area (Å²) < 4.78 is 20.1. The second-order valence-corrected chi connectivity index (χ2v) is 11.1. The number of rotatable bonds is 8. The molecule has 2 aliphatic heterocycles. The maximum absolute atomic E-state index is 13.8. The van der Waals surface area contributed by atoms with Crippen molar-refractivity contribution in [2.24, 2.45) is 17.8 Å². The van der Waals surface area contributed by atoms with Gasteiger partial charge in [-0.2, -0.15) is 0 Å². The summed E-state index contributed by atoms with van der Waals surface area (Å²) in [5.74, 6) is -2.00. The van der Waals surface area contributed by atoms with Crippen LogP contribution >= 0.6 is 0 Å². The molecular formula is C30H38FNO5. The van der Waals surface area contributed by atoms with Crippen molar-refractivity contribution in [3.05, 3.63) is 46.3 Å². The van der Waals surface area contributed by atoms with E-state index >= 15 is 0 Å². The molecule has 0 bridgehead atoms.